The van der Waals surface area contributed by atoms with Crippen LogP contribution in [0.5, 0.6) is 0 Å². The predicted octanol–water partition coefficient (Wildman–Crippen LogP) is -0.231. The van der Waals surface area contributed by atoms with Crippen molar-refractivity contribution >= 4 is 11.6 Å². The van der Waals surface area contributed by atoms with Gasteiger partial charge in [0.05, 0.1) is 29.7 Å². The van der Waals surface area contributed by atoms with Crippen molar-refractivity contribution in [3.8, 4) is 0 Å². The van der Waals surface area contributed by atoms with Gasteiger partial charge in [-0.2, -0.15) is 20.5 Å². The van der Waals surface area contributed by atoms with Gasteiger partial charge in [0.25, 0.3) is 0 Å². The first kappa shape index (κ1) is 13.9. The molecule has 0 saturated carbocycles. The SMILES string of the molecule is CN(C)CCn1ncc(Cl)c1C(NN)c1cn[nH]n1. The number of halogens is 1. The zero-order valence-corrected chi connectivity index (χ0v) is 11.6. The molecule has 1 atom stereocenters. The van der Waals surface area contributed by atoms with E-state index >= 15 is 0 Å². The molecular weight excluding hydrogens is 268 g/mol. The molecule has 0 aliphatic heterocycles. The maximum Gasteiger partial charge on any atom is 0.110 e. The highest BCUT2D eigenvalue weighted by molar-refractivity contribution is 6.31. The first-order valence-corrected chi connectivity index (χ1v) is 6.19. The Hall–Kier alpha value is -1.48. The van der Waals surface area contributed by atoms with E-state index in [-0.39, 0.29) is 6.04 Å². The van der Waals surface area contributed by atoms with E-state index in [1.165, 1.54) is 0 Å². The monoisotopic (exact) mass is 284 g/mol. The fourth-order valence-corrected chi connectivity index (χ4v) is 2.04. The summed E-state index contributed by atoms with van der Waals surface area (Å²) in [4.78, 5) is 2.07. The topological polar surface area (TPSA) is 101 Å². The summed E-state index contributed by atoms with van der Waals surface area (Å²) in [6, 6.07) is -0.351. The molecule has 0 amide bonds. The summed E-state index contributed by atoms with van der Waals surface area (Å²) in [5.74, 6) is 5.61. The van der Waals surface area contributed by atoms with Gasteiger partial charge in [0, 0.05) is 6.54 Å². The quantitative estimate of drug-likeness (QED) is 0.500. The molecule has 0 radical (unpaired) electrons. The number of nitrogens with two attached hydrogens (primary N) is 1. The van der Waals surface area contributed by atoms with Gasteiger partial charge in [-0.1, -0.05) is 11.6 Å². The van der Waals surface area contributed by atoms with Crippen molar-refractivity contribution in [1.82, 2.24) is 35.5 Å². The molecule has 0 saturated heterocycles. The standard InChI is InChI=1S/C10H17ClN8/c1-18(2)3-4-19-10(7(11)5-14-19)9(15-12)8-6-13-17-16-8/h5-6,9,15H,3-4,12H2,1-2H3,(H,13,16,17). The molecule has 2 aromatic rings. The molecule has 0 aliphatic rings. The van der Waals surface area contributed by atoms with E-state index < -0.39 is 0 Å². The van der Waals surface area contributed by atoms with E-state index in [9.17, 15) is 0 Å². The molecule has 2 aromatic heterocycles. The molecule has 4 N–H and O–H groups in total. The average molecular weight is 285 g/mol. The van der Waals surface area contributed by atoms with Crippen molar-refractivity contribution < 1.29 is 0 Å². The minimum absolute atomic E-state index is 0.351. The Morgan fingerprint density at radius 2 is 2.32 bits per heavy atom. The lowest BCUT2D eigenvalue weighted by atomic mass is 10.1. The van der Waals surface area contributed by atoms with Crippen LogP contribution in [0.2, 0.25) is 5.02 Å². The van der Waals surface area contributed by atoms with Crippen LogP contribution < -0.4 is 11.3 Å². The highest BCUT2D eigenvalue weighted by Crippen LogP contribution is 2.26. The van der Waals surface area contributed by atoms with Gasteiger partial charge in [0.2, 0.25) is 0 Å². The van der Waals surface area contributed by atoms with Crippen LogP contribution in [-0.4, -0.2) is 50.7 Å². The van der Waals surface area contributed by atoms with Crippen molar-refractivity contribution in [2.75, 3.05) is 20.6 Å². The van der Waals surface area contributed by atoms with E-state index in [1.807, 2.05) is 18.8 Å². The van der Waals surface area contributed by atoms with E-state index in [0.29, 0.717) is 17.3 Å². The number of hydrogen-bond donors (Lipinski definition) is 3. The maximum atomic E-state index is 6.20. The number of nitrogens with one attached hydrogen (secondary N) is 2. The molecule has 2 heterocycles. The normalized spacial score (nSPS) is 13.1. The van der Waals surface area contributed by atoms with Gasteiger partial charge in [-0.15, -0.1) is 0 Å². The predicted molar refractivity (Wildman–Crippen MR) is 71.3 cm³/mol. The van der Waals surface area contributed by atoms with Crippen molar-refractivity contribution in [1.29, 1.82) is 0 Å². The number of hydrogen-bond acceptors (Lipinski definition) is 6. The highest BCUT2D eigenvalue weighted by atomic mass is 35.5. The third-order valence-electron chi connectivity index (χ3n) is 2.76. The number of H-pyrrole nitrogens is 1. The zero-order chi connectivity index (χ0) is 13.8. The van der Waals surface area contributed by atoms with Crippen molar-refractivity contribution in [3.05, 3.63) is 28.8 Å². The minimum atomic E-state index is -0.351. The Balaban J connectivity index is 2.29. The second-order valence-corrected chi connectivity index (χ2v) is 4.81. The van der Waals surface area contributed by atoms with Crippen LogP contribution in [0.15, 0.2) is 12.4 Å². The molecular formula is C10H17ClN8. The van der Waals surface area contributed by atoms with Gasteiger partial charge >= 0.3 is 0 Å². The number of aromatic amines is 1. The number of nitrogens with zero attached hydrogens (tertiary/aromatic N) is 5. The van der Waals surface area contributed by atoms with Gasteiger partial charge in [-0.3, -0.25) is 10.5 Å². The van der Waals surface area contributed by atoms with Gasteiger partial charge in [-0.05, 0) is 14.1 Å². The molecule has 19 heavy (non-hydrogen) atoms. The first-order valence-electron chi connectivity index (χ1n) is 5.81. The molecule has 0 aliphatic carbocycles. The molecule has 0 bridgehead atoms. The fourth-order valence-electron chi connectivity index (χ4n) is 1.79. The molecule has 0 fully saturated rings. The summed E-state index contributed by atoms with van der Waals surface area (Å²) in [5, 5.41) is 15.2. The van der Waals surface area contributed by atoms with Gasteiger partial charge in [0.1, 0.15) is 11.7 Å². The Morgan fingerprint density at radius 1 is 1.53 bits per heavy atom. The molecule has 104 valence electrons. The number of rotatable bonds is 6. The summed E-state index contributed by atoms with van der Waals surface area (Å²) in [6.45, 7) is 1.56. The number of aromatic nitrogens is 5. The van der Waals surface area contributed by atoms with Crippen LogP contribution in [0.3, 0.4) is 0 Å². The van der Waals surface area contributed by atoms with Crippen LogP contribution in [0.25, 0.3) is 0 Å². The Labute approximate surface area is 115 Å². The second kappa shape index (κ2) is 6.11. The van der Waals surface area contributed by atoms with E-state index in [1.54, 1.807) is 12.4 Å². The molecule has 1 unspecified atom stereocenters. The summed E-state index contributed by atoms with van der Waals surface area (Å²) in [6.07, 6.45) is 3.21. The molecule has 0 aromatic carbocycles. The Bertz CT molecular complexity index is 506. The van der Waals surface area contributed by atoms with Crippen LogP contribution in [0.1, 0.15) is 17.4 Å². The first-order chi connectivity index (χ1) is 9.13. The Morgan fingerprint density at radius 3 is 2.89 bits per heavy atom. The molecule has 2 rings (SSSR count). The average Bonchev–Trinajstić information content (AvgIpc) is 3.00. The van der Waals surface area contributed by atoms with E-state index in [2.05, 4.69) is 30.8 Å². The van der Waals surface area contributed by atoms with Crippen LogP contribution in [0.4, 0.5) is 0 Å². The van der Waals surface area contributed by atoms with Crippen molar-refractivity contribution in [3.63, 3.8) is 0 Å². The molecule has 8 nitrogen and oxygen atoms in total. The van der Waals surface area contributed by atoms with Crippen LogP contribution >= 0.6 is 11.6 Å². The maximum absolute atomic E-state index is 6.20. The van der Waals surface area contributed by atoms with Crippen LogP contribution in [-0.2, 0) is 6.54 Å². The smallest absolute Gasteiger partial charge is 0.110 e. The third kappa shape index (κ3) is 3.10. The Kier molecular flexibility index (Phi) is 4.48. The van der Waals surface area contributed by atoms with Gasteiger partial charge < -0.3 is 4.90 Å². The number of hydrazine groups is 1. The lowest BCUT2D eigenvalue weighted by Gasteiger charge is -2.17. The summed E-state index contributed by atoms with van der Waals surface area (Å²) < 4.78 is 1.82. The molecule has 9 heteroatoms. The van der Waals surface area contributed by atoms with Gasteiger partial charge in [0.15, 0.2) is 0 Å². The largest absolute Gasteiger partial charge is 0.308 e. The molecule has 0 spiro atoms. The van der Waals surface area contributed by atoms with E-state index in [4.69, 9.17) is 17.4 Å². The van der Waals surface area contributed by atoms with E-state index in [0.717, 1.165) is 12.2 Å². The lowest BCUT2D eigenvalue weighted by Crippen LogP contribution is -2.32. The summed E-state index contributed by atoms with van der Waals surface area (Å²) >= 11 is 6.20. The fraction of sp³-hybridized carbons (Fsp3) is 0.500. The van der Waals surface area contributed by atoms with Crippen molar-refractivity contribution in [2.45, 2.75) is 12.6 Å². The third-order valence-corrected chi connectivity index (χ3v) is 3.05. The summed E-state index contributed by atoms with van der Waals surface area (Å²) in [7, 11) is 4.00. The summed E-state index contributed by atoms with van der Waals surface area (Å²) in [5.41, 5.74) is 4.14. The highest BCUT2D eigenvalue weighted by Gasteiger charge is 2.23. The minimum Gasteiger partial charge on any atom is -0.308 e. The van der Waals surface area contributed by atoms with Crippen LogP contribution in [0, 0.1) is 0 Å². The van der Waals surface area contributed by atoms with Crippen molar-refractivity contribution in [2.24, 2.45) is 5.84 Å². The zero-order valence-electron chi connectivity index (χ0n) is 10.8. The second-order valence-electron chi connectivity index (χ2n) is 4.40. The van der Waals surface area contributed by atoms with Gasteiger partial charge in [-0.25, -0.2) is 5.43 Å². The lowest BCUT2D eigenvalue weighted by molar-refractivity contribution is 0.365. The number of likely N-dealkylation sites (N-methyl/N-ethyl adjacent to an activating group) is 1.